The number of nitrogens with zero attached hydrogens (tertiary/aromatic N) is 1. The van der Waals surface area contributed by atoms with Gasteiger partial charge in [0.1, 0.15) is 5.82 Å². The zero-order valence-corrected chi connectivity index (χ0v) is 12.0. The molecule has 6 heteroatoms. The maximum Gasteiger partial charge on any atom is 0.335 e. The van der Waals surface area contributed by atoms with E-state index < -0.39 is 29.0 Å². The number of hydrogen-bond donors (Lipinski definition) is 1. The Kier molecular flexibility index (Phi) is 3.57. The van der Waals surface area contributed by atoms with E-state index in [1.54, 1.807) is 6.92 Å². The van der Waals surface area contributed by atoms with Gasteiger partial charge in [0.25, 0.3) is 0 Å². The summed E-state index contributed by atoms with van der Waals surface area (Å²) in [6, 6.07) is 3.14. The monoisotopic (exact) mass is 293 g/mol. The van der Waals surface area contributed by atoms with Crippen molar-refractivity contribution >= 4 is 23.5 Å². The van der Waals surface area contributed by atoms with Gasteiger partial charge in [0.05, 0.1) is 16.7 Å². The number of rotatable bonds is 3. The average molecular weight is 293 g/mol. The van der Waals surface area contributed by atoms with Crippen molar-refractivity contribution in [2.45, 2.75) is 27.2 Å². The third-order valence-electron chi connectivity index (χ3n) is 4.17. The predicted octanol–water partition coefficient (Wildman–Crippen LogP) is 2.45. The largest absolute Gasteiger partial charge is 0.478 e. The van der Waals surface area contributed by atoms with Gasteiger partial charge in [0.2, 0.25) is 11.8 Å². The molecule has 5 nitrogen and oxygen atoms in total. The number of imide groups is 1. The molecule has 1 atom stereocenters. The van der Waals surface area contributed by atoms with Crippen molar-refractivity contribution < 1.29 is 23.9 Å². The number of aromatic carboxylic acids is 1. The Morgan fingerprint density at radius 3 is 2.43 bits per heavy atom. The maximum atomic E-state index is 14.1. The van der Waals surface area contributed by atoms with Gasteiger partial charge >= 0.3 is 5.97 Å². The first-order valence-corrected chi connectivity index (χ1v) is 6.58. The predicted molar refractivity (Wildman–Crippen MR) is 73.4 cm³/mol. The first-order valence-electron chi connectivity index (χ1n) is 6.58. The molecule has 1 N–H and O–H groups in total. The van der Waals surface area contributed by atoms with Crippen molar-refractivity contribution in [2.24, 2.45) is 11.3 Å². The molecule has 1 aromatic rings. The molecular weight excluding hydrogens is 277 g/mol. The van der Waals surface area contributed by atoms with E-state index in [9.17, 15) is 18.8 Å². The summed E-state index contributed by atoms with van der Waals surface area (Å²) in [6.45, 7) is 5.35. The minimum Gasteiger partial charge on any atom is -0.478 e. The molecule has 0 aliphatic carbocycles. The minimum absolute atomic E-state index is 0.0175. The van der Waals surface area contributed by atoms with Crippen LogP contribution in [-0.2, 0) is 9.59 Å². The molecule has 1 aliphatic heterocycles. The number of amides is 2. The number of halogens is 1. The fourth-order valence-electron chi connectivity index (χ4n) is 2.35. The van der Waals surface area contributed by atoms with Crippen molar-refractivity contribution in [1.82, 2.24) is 0 Å². The van der Waals surface area contributed by atoms with Crippen LogP contribution in [0.25, 0.3) is 0 Å². The van der Waals surface area contributed by atoms with Crippen LogP contribution in [0.1, 0.15) is 37.6 Å². The molecule has 1 aromatic carbocycles. The first kappa shape index (κ1) is 15.2. The van der Waals surface area contributed by atoms with Crippen molar-refractivity contribution in [3.8, 4) is 0 Å². The summed E-state index contributed by atoms with van der Waals surface area (Å²) in [5.74, 6) is -3.17. The number of benzene rings is 1. The molecule has 1 heterocycles. The quantitative estimate of drug-likeness (QED) is 0.869. The van der Waals surface area contributed by atoms with E-state index in [2.05, 4.69) is 0 Å². The van der Waals surface area contributed by atoms with Crippen LogP contribution in [0.15, 0.2) is 18.2 Å². The van der Waals surface area contributed by atoms with Crippen LogP contribution in [-0.4, -0.2) is 22.9 Å². The van der Waals surface area contributed by atoms with E-state index in [-0.39, 0.29) is 23.6 Å². The Morgan fingerprint density at radius 2 is 2.00 bits per heavy atom. The molecule has 1 saturated heterocycles. The fraction of sp³-hybridized carbons (Fsp3) is 0.400. The van der Waals surface area contributed by atoms with Crippen LogP contribution in [0.3, 0.4) is 0 Å². The lowest BCUT2D eigenvalue weighted by Gasteiger charge is -2.26. The van der Waals surface area contributed by atoms with Gasteiger partial charge < -0.3 is 5.11 Å². The van der Waals surface area contributed by atoms with E-state index in [4.69, 9.17) is 5.11 Å². The van der Waals surface area contributed by atoms with Crippen LogP contribution in [0, 0.1) is 17.2 Å². The standard InChI is InChI=1S/C15H16FNO4/c1-8(2)15(3)7-12(18)17(14(15)21)11-5-4-9(13(19)20)6-10(11)16/h4-6,8H,7H2,1-3H3,(H,19,20). The van der Waals surface area contributed by atoms with Crippen LogP contribution in [0.2, 0.25) is 0 Å². The van der Waals surface area contributed by atoms with Crippen molar-refractivity contribution in [1.29, 1.82) is 0 Å². The molecule has 21 heavy (non-hydrogen) atoms. The number of anilines is 1. The topological polar surface area (TPSA) is 74.7 Å². The van der Waals surface area contributed by atoms with E-state index in [0.29, 0.717) is 0 Å². The lowest BCUT2D eigenvalue weighted by Crippen LogP contribution is -2.37. The number of carboxylic acid groups (broad SMARTS) is 1. The minimum atomic E-state index is -1.27. The molecule has 0 radical (unpaired) electrons. The van der Waals surface area contributed by atoms with Crippen LogP contribution < -0.4 is 4.90 Å². The van der Waals surface area contributed by atoms with Gasteiger partial charge in [-0.15, -0.1) is 0 Å². The zero-order valence-electron chi connectivity index (χ0n) is 12.0. The van der Waals surface area contributed by atoms with Gasteiger partial charge in [-0.05, 0) is 31.0 Å². The fourth-order valence-corrected chi connectivity index (χ4v) is 2.35. The van der Waals surface area contributed by atoms with E-state index in [1.165, 1.54) is 6.07 Å². The maximum absolute atomic E-state index is 14.1. The van der Waals surface area contributed by atoms with Gasteiger partial charge in [-0.1, -0.05) is 13.8 Å². The molecule has 0 saturated carbocycles. The molecule has 1 fully saturated rings. The summed E-state index contributed by atoms with van der Waals surface area (Å²) >= 11 is 0. The normalized spacial score (nSPS) is 22.2. The molecule has 2 rings (SSSR count). The Hall–Kier alpha value is -2.24. The summed E-state index contributed by atoms with van der Waals surface area (Å²) in [5.41, 5.74) is -1.30. The van der Waals surface area contributed by atoms with Crippen molar-refractivity contribution in [3.63, 3.8) is 0 Å². The van der Waals surface area contributed by atoms with Gasteiger partial charge in [-0.25, -0.2) is 14.1 Å². The lowest BCUT2D eigenvalue weighted by molar-refractivity contribution is -0.126. The molecule has 0 spiro atoms. The molecule has 2 amide bonds. The number of carboxylic acids is 1. The Bertz CT molecular complexity index is 641. The summed E-state index contributed by atoms with van der Waals surface area (Å²) < 4.78 is 14.1. The Morgan fingerprint density at radius 1 is 1.38 bits per heavy atom. The SMILES string of the molecule is CC(C)C1(C)CC(=O)N(c2ccc(C(=O)O)cc2F)C1=O. The molecule has 1 aliphatic rings. The van der Waals surface area contributed by atoms with Gasteiger partial charge in [-0.3, -0.25) is 9.59 Å². The third kappa shape index (κ3) is 2.30. The summed E-state index contributed by atoms with van der Waals surface area (Å²) in [7, 11) is 0. The summed E-state index contributed by atoms with van der Waals surface area (Å²) in [6.07, 6.45) is 0.0175. The highest BCUT2D eigenvalue weighted by Crippen LogP contribution is 2.41. The Balaban J connectivity index is 2.46. The van der Waals surface area contributed by atoms with Crippen molar-refractivity contribution in [3.05, 3.63) is 29.6 Å². The van der Waals surface area contributed by atoms with Gasteiger partial charge in [0.15, 0.2) is 0 Å². The molecule has 112 valence electrons. The van der Waals surface area contributed by atoms with Crippen molar-refractivity contribution in [2.75, 3.05) is 4.90 Å². The van der Waals surface area contributed by atoms with Gasteiger partial charge in [0, 0.05) is 6.42 Å². The highest BCUT2D eigenvalue weighted by atomic mass is 19.1. The van der Waals surface area contributed by atoms with Gasteiger partial charge in [-0.2, -0.15) is 0 Å². The Labute approximate surface area is 121 Å². The molecule has 1 unspecified atom stereocenters. The summed E-state index contributed by atoms with van der Waals surface area (Å²) in [4.78, 5) is 36.2. The number of carbonyl (C=O) groups is 3. The lowest BCUT2D eigenvalue weighted by atomic mass is 9.78. The zero-order chi connectivity index (χ0) is 15.9. The second kappa shape index (κ2) is 4.95. The number of carbonyl (C=O) groups excluding carboxylic acids is 2. The smallest absolute Gasteiger partial charge is 0.335 e. The second-order valence-corrected chi connectivity index (χ2v) is 5.75. The molecule has 0 bridgehead atoms. The van der Waals surface area contributed by atoms with E-state index in [1.807, 2.05) is 13.8 Å². The van der Waals surface area contributed by atoms with Crippen LogP contribution in [0.4, 0.5) is 10.1 Å². The molecule has 0 aromatic heterocycles. The van der Waals surface area contributed by atoms with Crippen LogP contribution in [0.5, 0.6) is 0 Å². The third-order valence-corrected chi connectivity index (χ3v) is 4.17. The average Bonchev–Trinajstić information content (AvgIpc) is 2.62. The highest BCUT2D eigenvalue weighted by molar-refractivity contribution is 6.22. The number of hydrogen-bond acceptors (Lipinski definition) is 3. The van der Waals surface area contributed by atoms with Crippen LogP contribution >= 0.6 is 0 Å². The van der Waals surface area contributed by atoms with E-state index >= 15 is 0 Å². The van der Waals surface area contributed by atoms with E-state index in [0.717, 1.165) is 17.0 Å². The highest BCUT2D eigenvalue weighted by Gasteiger charge is 2.51. The molecular formula is C15H16FNO4. The summed E-state index contributed by atoms with van der Waals surface area (Å²) in [5, 5.41) is 8.81. The second-order valence-electron chi connectivity index (χ2n) is 5.75. The first-order chi connectivity index (χ1) is 9.68.